The van der Waals surface area contributed by atoms with Gasteiger partial charge in [-0.25, -0.2) is 14.4 Å². The number of benzene rings is 1. The van der Waals surface area contributed by atoms with Crippen molar-refractivity contribution in [1.29, 1.82) is 0 Å². The predicted octanol–water partition coefficient (Wildman–Crippen LogP) is 1.78. The molecule has 4 N–H and O–H groups in total. The monoisotopic (exact) mass is 425 g/mol. The summed E-state index contributed by atoms with van der Waals surface area (Å²) >= 11 is 0. The Balaban J connectivity index is 2.07. The zero-order chi connectivity index (χ0) is 22.3. The summed E-state index contributed by atoms with van der Waals surface area (Å²) in [7, 11) is 0. The third-order valence-electron chi connectivity index (χ3n) is 3.89. The van der Waals surface area contributed by atoms with Crippen molar-refractivity contribution in [1.82, 2.24) is 20.6 Å². The van der Waals surface area contributed by atoms with Crippen molar-refractivity contribution in [2.75, 3.05) is 13.1 Å². The van der Waals surface area contributed by atoms with Crippen molar-refractivity contribution >= 4 is 17.4 Å². The van der Waals surface area contributed by atoms with E-state index in [-0.39, 0.29) is 42.4 Å². The number of hydrogen-bond donors (Lipinski definition) is 3. The lowest BCUT2D eigenvalue weighted by Gasteiger charge is -2.10. The van der Waals surface area contributed by atoms with Gasteiger partial charge >= 0.3 is 6.18 Å². The number of nitrogens with one attached hydrogen (secondary N) is 2. The minimum absolute atomic E-state index is 0.00878. The van der Waals surface area contributed by atoms with E-state index in [9.17, 15) is 27.2 Å². The van der Waals surface area contributed by atoms with E-state index < -0.39 is 23.5 Å². The third-order valence-corrected chi connectivity index (χ3v) is 3.89. The molecule has 11 heteroatoms. The lowest BCUT2D eigenvalue weighted by molar-refractivity contribution is -0.140. The minimum atomic E-state index is -4.80. The van der Waals surface area contributed by atoms with Crippen molar-refractivity contribution in [2.45, 2.75) is 19.5 Å². The lowest BCUT2D eigenvalue weighted by atomic mass is 10.0. The van der Waals surface area contributed by atoms with Crippen LogP contribution in [-0.4, -0.2) is 34.9 Å². The minimum Gasteiger partial charge on any atom is -0.404 e. The molecule has 1 aromatic carbocycles. The number of carbonyl (C=O) groups excluding carboxylic acids is 2. The van der Waals surface area contributed by atoms with Gasteiger partial charge in [0.2, 0.25) is 5.91 Å². The molecule has 0 aliphatic rings. The summed E-state index contributed by atoms with van der Waals surface area (Å²) in [6.07, 6.45) is -1.05. The smallest absolute Gasteiger partial charge is 0.404 e. The molecule has 0 unspecified atom stereocenters. The Morgan fingerprint density at radius 2 is 1.73 bits per heavy atom. The van der Waals surface area contributed by atoms with E-state index in [1.807, 2.05) is 0 Å². The fourth-order valence-electron chi connectivity index (χ4n) is 2.48. The molecular formula is C19H19F4N5O2. The van der Waals surface area contributed by atoms with Crippen molar-refractivity contribution in [2.24, 2.45) is 5.73 Å². The van der Waals surface area contributed by atoms with Gasteiger partial charge < -0.3 is 16.4 Å². The molecule has 2 aromatic rings. The van der Waals surface area contributed by atoms with Crippen molar-refractivity contribution in [3.8, 4) is 0 Å². The number of nitrogens with zero attached hydrogens (tertiary/aromatic N) is 2. The van der Waals surface area contributed by atoms with Crippen molar-refractivity contribution in [3.05, 3.63) is 65.1 Å². The fraction of sp³-hybridized carbons (Fsp3) is 0.263. The fourth-order valence-corrected chi connectivity index (χ4v) is 2.48. The Morgan fingerprint density at radius 3 is 2.30 bits per heavy atom. The molecule has 2 amide bonds. The van der Waals surface area contributed by atoms with E-state index in [1.165, 1.54) is 25.4 Å². The van der Waals surface area contributed by atoms with E-state index in [0.29, 0.717) is 5.56 Å². The van der Waals surface area contributed by atoms with Crippen LogP contribution in [0.2, 0.25) is 0 Å². The standard InChI is InChI=1S/C19H19F4N5O2/c1-11(29)25-4-5-26-18(30)14(8-24)17-27-9-13(10-28-17)6-12-2-3-16(20)15(7-12)19(21,22)23/h2-3,7-10H,4-6,24H2,1H3,(H,25,29)(H,26,30)/b14-8+. The molecular weight excluding hydrogens is 406 g/mol. The molecule has 160 valence electrons. The molecule has 0 aliphatic carbocycles. The molecule has 0 atom stereocenters. The molecule has 7 nitrogen and oxygen atoms in total. The predicted molar refractivity (Wildman–Crippen MR) is 100 cm³/mol. The largest absolute Gasteiger partial charge is 0.419 e. The summed E-state index contributed by atoms with van der Waals surface area (Å²) in [4.78, 5) is 31.0. The number of halogens is 4. The maximum atomic E-state index is 13.4. The first kappa shape index (κ1) is 22.8. The molecule has 0 bridgehead atoms. The van der Waals surface area contributed by atoms with E-state index in [0.717, 1.165) is 18.3 Å². The highest BCUT2D eigenvalue weighted by Crippen LogP contribution is 2.32. The highest BCUT2D eigenvalue weighted by molar-refractivity contribution is 6.18. The van der Waals surface area contributed by atoms with Gasteiger partial charge in [0.1, 0.15) is 5.82 Å². The SMILES string of the molecule is CC(=O)NCCNC(=O)/C(=C/N)c1ncc(Cc2ccc(F)c(C(F)(F)F)c2)cn1. The maximum Gasteiger partial charge on any atom is 0.419 e. The van der Waals surface area contributed by atoms with E-state index in [1.54, 1.807) is 0 Å². The number of carbonyl (C=O) groups is 2. The second-order valence-electron chi connectivity index (χ2n) is 6.22. The topological polar surface area (TPSA) is 110 Å². The third kappa shape index (κ3) is 6.26. The van der Waals surface area contributed by atoms with Gasteiger partial charge in [-0.3, -0.25) is 9.59 Å². The number of rotatable bonds is 7. The van der Waals surface area contributed by atoms with Crippen LogP contribution in [0.3, 0.4) is 0 Å². The van der Waals surface area contributed by atoms with E-state index in [4.69, 9.17) is 5.73 Å². The Morgan fingerprint density at radius 1 is 1.10 bits per heavy atom. The maximum absolute atomic E-state index is 13.4. The van der Waals surface area contributed by atoms with Gasteiger partial charge in [-0.1, -0.05) is 6.07 Å². The summed E-state index contributed by atoms with van der Waals surface area (Å²) in [5.41, 5.74) is 4.81. The summed E-state index contributed by atoms with van der Waals surface area (Å²) in [5.74, 6) is -2.11. The average Bonchev–Trinajstić information content (AvgIpc) is 2.67. The molecule has 30 heavy (non-hydrogen) atoms. The highest BCUT2D eigenvalue weighted by atomic mass is 19.4. The average molecular weight is 425 g/mol. The lowest BCUT2D eigenvalue weighted by Crippen LogP contribution is -2.34. The van der Waals surface area contributed by atoms with Gasteiger partial charge in [-0.05, 0) is 23.3 Å². The Hall–Kier alpha value is -3.50. The molecule has 0 spiro atoms. The second kappa shape index (κ2) is 9.81. The van der Waals surface area contributed by atoms with E-state index in [2.05, 4.69) is 20.6 Å². The first-order chi connectivity index (χ1) is 14.1. The second-order valence-corrected chi connectivity index (χ2v) is 6.22. The summed E-state index contributed by atoms with van der Waals surface area (Å²) in [5, 5.41) is 5.06. The molecule has 1 aromatic heterocycles. The quantitative estimate of drug-likeness (QED) is 0.356. The van der Waals surface area contributed by atoms with E-state index >= 15 is 0 Å². The summed E-state index contributed by atoms with van der Waals surface area (Å²) in [6.45, 7) is 1.74. The first-order valence-corrected chi connectivity index (χ1v) is 8.73. The Kier molecular flexibility index (Phi) is 7.45. The van der Waals surface area contributed by atoms with Gasteiger partial charge in [0.25, 0.3) is 5.91 Å². The molecule has 0 radical (unpaired) electrons. The first-order valence-electron chi connectivity index (χ1n) is 8.73. The van der Waals surface area contributed by atoms with Crippen LogP contribution in [0.15, 0.2) is 36.8 Å². The van der Waals surface area contributed by atoms with Crippen LogP contribution >= 0.6 is 0 Å². The van der Waals surface area contributed by atoms with Gasteiger partial charge in [0, 0.05) is 45.0 Å². The van der Waals surface area contributed by atoms with Gasteiger partial charge in [-0.15, -0.1) is 0 Å². The molecule has 0 saturated heterocycles. The van der Waals surface area contributed by atoms with Crippen molar-refractivity contribution < 1.29 is 27.2 Å². The summed E-state index contributed by atoms with van der Waals surface area (Å²) < 4.78 is 51.9. The Labute approximate surface area is 169 Å². The van der Waals surface area contributed by atoms with Gasteiger partial charge in [-0.2, -0.15) is 13.2 Å². The highest BCUT2D eigenvalue weighted by Gasteiger charge is 2.34. The van der Waals surface area contributed by atoms with Crippen molar-refractivity contribution in [3.63, 3.8) is 0 Å². The number of amides is 2. The van der Waals surface area contributed by atoms with Crippen LogP contribution in [-0.2, 0) is 22.2 Å². The molecule has 0 fully saturated rings. The molecule has 0 saturated carbocycles. The van der Waals surface area contributed by atoms with Crippen LogP contribution < -0.4 is 16.4 Å². The zero-order valence-corrected chi connectivity index (χ0v) is 15.9. The van der Waals surface area contributed by atoms with Crippen LogP contribution in [0.1, 0.15) is 29.4 Å². The zero-order valence-electron chi connectivity index (χ0n) is 15.9. The van der Waals surface area contributed by atoms with Crippen LogP contribution in [0.4, 0.5) is 17.6 Å². The van der Waals surface area contributed by atoms with Gasteiger partial charge in [0.15, 0.2) is 5.82 Å². The summed E-state index contributed by atoms with van der Waals surface area (Å²) in [6, 6.07) is 2.73. The Bertz CT molecular complexity index is 943. The molecule has 1 heterocycles. The van der Waals surface area contributed by atoms with Crippen LogP contribution in [0.25, 0.3) is 5.57 Å². The molecule has 2 rings (SSSR count). The van der Waals surface area contributed by atoms with Gasteiger partial charge in [0.05, 0.1) is 11.1 Å². The molecule has 0 aliphatic heterocycles. The number of aromatic nitrogens is 2. The number of nitrogens with two attached hydrogens (primary N) is 1. The number of hydrogen-bond acceptors (Lipinski definition) is 5. The normalized spacial score (nSPS) is 11.8. The van der Waals surface area contributed by atoms with Crippen LogP contribution in [0, 0.1) is 5.82 Å². The number of alkyl halides is 3. The van der Waals surface area contributed by atoms with Crippen LogP contribution in [0.5, 0.6) is 0 Å².